The van der Waals surface area contributed by atoms with Crippen LogP contribution in [-0.2, 0) is 0 Å². The van der Waals surface area contributed by atoms with Crippen LogP contribution < -0.4 is 0 Å². The number of hydrazone groups is 1. The standard InChI is InChI=1S/C11H14N2/c1-3-9-13(2)12-10-11-7-5-4-6-8-11/h3-8,10H,1,9H2,2H3. The third-order valence-corrected chi connectivity index (χ3v) is 1.60. The van der Waals surface area contributed by atoms with Crippen LogP contribution in [0.4, 0.5) is 0 Å². The molecule has 0 aliphatic rings. The highest BCUT2D eigenvalue weighted by atomic mass is 15.4. The van der Waals surface area contributed by atoms with E-state index in [-0.39, 0.29) is 0 Å². The lowest BCUT2D eigenvalue weighted by Crippen LogP contribution is -2.10. The molecule has 0 spiro atoms. The average Bonchev–Trinajstić information content (AvgIpc) is 2.17. The predicted molar refractivity (Wildman–Crippen MR) is 56.9 cm³/mol. The van der Waals surface area contributed by atoms with Gasteiger partial charge in [0.15, 0.2) is 0 Å². The summed E-state index contributed by atoms with van der Waals surface area (Å²) in [5, 5.41) is 6.05. The van der Waals surface area contributed by atoms with Crippen LogP contribution in [0.1, 0.15) is 5.56 Å². The van der Waals surface area contributed by atoms with Gasteiger partial charge in [-0.05, 0) is 5.56 Å². The molecule has 0 saturated carbocycles. The van der Waals surface area contributed by atoms with E-state index in [1.54, 1.807) is 0 Å². The number of rotatable bonds is 4. The maximum atomic E-state index is 4.22. The summed E-state index contributed by atoms with van der Waals surface area (Å²) >= 11 is 0. The van der Waals surface area contributed by atoms with Crippen LogP contribution >= 0.6 is 0 Å². The van der Waals surface area contributed by atoms with Crippen LogP contribution in [0, 0.1) is 0 Å². The van der Waals surface area contributed by atoms with Crippen LogP contribution in [0.3, 0.4) is 0 Å². The summed E-state index contributed by atoms with van der Waals surface area (Å²) in [6.45, 7) is 4.41. The molecule has 1 aromatic rings. The average molecular weight is 174 g/mol. The SMILES string of the molecule is C=CCN(C)N=Cc1ccccc1. The summed E-state index contributed by atoms with van der Waals surface area (Å²) in [4.78, 5) is 0. The van der Waals surface area contributed by atoms with Gasteiger partial charge in [0.05, 0.1) is 12.8 Å². The van der Waals surface area contributed by atoms with E-state index in [2.05, 4.69) is 11.7 Å². The van der Waals surface area contributed by atoms with Gasteiger partial charge in [-0.1, -0.05) is 36.4 Å². The fourth-order valence-corrected chi connectivity index (χ4v) is 0.938. The molecule has 0 unspecified atom stereocenters. The minimum absolute atomic E-state index is 0.767. The molecule has 0 aliphatic carbocycles. The van der Waals surface area contributed by atoms with Gasteiger partial charge in [-0.2, -0.15) is 5.10 Å². The molecule has 1 aromatic carbocycles. The number of benzene rings is 1. The van der Waals surface area contributed by atoms with Gasteiger partial charge in [-0.15, -0.1) is 6.58 Å². The molecule has 13 heavy (non-hydrogen) atoms. The fourth-order valence-electron chi connectivity index (χ4n) is 0.938. The molecule has 2 nitrogen and oxygen atoms in total. The maximum absolute atomic E-state index is 4.22. The first-order valence-electron chi connectivity index (χ1n) is 4.24. The van der Waals surface area contributed by atoms with E-state index in [4.69, 9.17) is 0 Å². The van der Waals surface area contributed by atoms with E-state index in [9.17, 15) is 0 Å². The molecule has 0 amide bonds. The first kappa shape index (κ1) is 9.52. The van der Waals surface area contributed by atoms with Crippen molar-refractivity contribution < 1.29 is 0 Å². The normalized spacial score (nSPS) is 10.2. The summed E-state index contributed by atoms with van der Waals surface area (Å²) < 4.78 is 0. The Morgan fingerprint density at radius 3 is 2.69 bits per heavy atom. The van der Waals surface area contributed by atoms with E-state index in [1.807, 2.05) is 54.7 Å². The highest BCUT2D eigenvalue weighted by Gasteiger charge is 1.86. The Bertz CT molecular complexity index is 277. The van der Waals surface area contributed by atoms with Crippen molar-refractivity contribution in [2.75, 3.05) is 13.6 Å². The van der Waals surface area contributed by atoms with Crippen molar-refractivity contribution in [1.29, 1.82) is 0 Å². The molecule has 0 heterocycles. The van der Waals surface area contributed by atoms with E-state index in [0.717, 1.165) is 12.1 Å². The Morgan fingerprint density at radius 2 is 2.08 bits per heavy atom. The van der Waals surface area contributed by atoms with Gasteiger partial charge in [0.1, 0.15) is 0 Å². The third-order valence-electron chi connectivity index (χ3n) is 1.60. The second-order valence-electron chi connectivity index (χ2n) is 2.78. The van der Waals surface area contributed by atoms with Gasteiger partial charge >= 0.3 is 0 Å². The molecule has 0 saturated heterocycles. The Morgan fingerprint density at radius 1 is 1.38 bits per heavy atom. The summed E-state index contributed by atoms with van der Waals surface area (Å²) in [6, 6.07) is 10.0. The highest BCUT2D eigenvalue weighted by molar-refractivity contribution is 5.79. The molecule has 0 radical (unpaired) electrons. The number of hydrogen-bond acceptors (Lipinski definition) is 2. The lowest BCUT2D eigenvalue weighted by Gasteiger charge is -2.08. The molecule has 0 bridgehead atoms. The van der Waals surface area contributed by atoms with E-state index >= 15 is 0 Å². The minimum atomic E-state index is 0.767. The summed E-state index contributed by atoms with van der Waals surface area (Å²) in [7, 11) is 1.92. The van der Waals surface area contributed by atoms with Gasteiger partial charge < -0.3 is 0 Å². The summed E-state index contributed by atoms with van der Waals surface area (Å²) in [5.74, 6) is 0. The van der Waals surface area contributed by atoms with Crippen molar-refractivity contribution >= 4 is 6.21 Å². The Hall–Kier alpha value is -1.57. The van der Waals surface area contributed by atoms with Gasteiger partial charge in [0.25, 0.3) is 0 Å². The third kappa shape index (κ3) is 3.56. The highest BCUT2D eigenvalue weighted by Crippen LogP contribution is 1.94. The fraction of sp³-hybridized carbons (Fsp3) is 0.182. The minimum Gasteiger partial charge on any atom is -0.296 e. The lowest BCUT2D eigenvalue weighted by atomic mass is 10.2. The van der Waals surface area contributed by atoms with Crippen LogP contribution in [0.2, 0.25) is 0 Å². The molecular weight excluding hydrogens is 160 g/mol. The molecule has 2 heteroatoms. The van der Waals surface area contributed by atoms with E-state index in [0.29, 0.717) is 0 Å². The molecule has 0 aromatic heterocycles. The molecule has 68 valence electrons. The van der Waals surface area contributed by atoms with Crippen LogP contribution in [0.15, 0.2) is 48.1 Å². The van der Waals surface area contributed by atoms with Crippen molar-refractivity contribution in [3.05, 3.63) is 48.6 Å². The predicted octanol–water partition coefficient (Wildman–Crippen LogP) is 2.14. The van der Waals surface area contributed by atoms with Gasteiger partial charge in [0.2, 0.25) is 0 Å². The van der Waals surface area contributed by atoms with Gasteiger partial charge in [-0.3, -0.25) is 5.01 Å². The van der Waals surface area contributed by atoms with Gasteiger partial charge in [0, 0.05) is 7.05 Å². The number of hydrogen-bond donors (Lipinski definition) is 0. The monoisotopic (exact) mass is 174 g/mol. The van der Waals surface area contributed by atoms with E-state index < -0.39 is 0 Å². The largest absolute Gasteiger partial charge is 0.296 e. The lowest BCUT2D eigenvalue weighted by molar-refractivity contribution is 0.397. The maximum Gasteiger partial charge on any atom is 0.0542 e. The van der Waals surface area contributed by atoms with Crippen LogP contribution in [0.25, 0.3) is 0 Å². The quantitative estimate of drug-likeness (QED) is 0.388. The molecule has 0 aliphatic heterocycles. The molecular formula is C11H14N2. The van der Waals surface area contributed by atoms with Crippen molar-refractivity contribution in [2.24, 2.45) is 5.10 Å². The zero-order valence-electron chi connectivity index (χ0n) is 7.85. The summed E-state index contributed by atoms with van der Waals surface area (Å²) in [5.41, 5.74) is 1.11. The van der Waals surface area contributed by atoms with Crippen molar-refractivity contribution in [3.8, 4) is 0 Å². The number of likely N-dealkylation sites (N-methyl/N-ethyl adjacent to an activating group) is 1. The van der Waals surface area contributed by atoms with Crippen LogP contribution in [-0.4, -0.2) is 24.8 Å². The zero-order chi connectivity index (χ0) is 9.52. The second kappa shape index (κ2) is 5.14. The molecule has 0 atom stereocenters. The van der Waals surface area contributed by atoms with Crippen molar-refractivity contribution in [1.82, 2.24) is 5.01 Å². The second-order valence-corrected chi connectivity index (χ2v) is 2.78. The van der Waals surface area contributed by atoms with Gasteiger partial charge in [-0.25, -0.2) is 0 Å². The molecule has 0 fully saturated rings. The molecule has 1 rings (SSSR count). The number of nitrogens with zero attached hydrogens (tertiary/aromatic N) is 2. The Balaban J connectivity index is 2.53. The Labute approximate surface area is 79.2 Å². The Kier molecular flexibility index (Phi) is 3.76. The first-order chi connectivity index (χ1) is 6.33. The van der Waals surface area contributed by atoms with Crippen LogP contribution in [0.5, 0.6) is 0 Å². The van der Waals surface area contributed by atoms with Crippen molar-refractivity contribution in [3.63, 3.8) is 0 Å². The first-order valence-corrected chi connectivity index (χ1v) is 4.24. The molecule has 0 N–H and O–H groups in total. The summed E-state index contributed by atoms with van der Waals surface area (Å²) in [6.07, 6.45) is 3.66. The van der Waals surface area contributed by atoms with E-state index in [1.165, 1.54) is 0 Å². The van der Waals surface area contributed by atoms with Crippen molar-refractivity contribution in [2.45, 2.75) is 0 Å². The zero-order valence-corrected chi connectivity index (χ0v) is 7.85. The topological polar surface area (TPSA) is 15.6 Å². The smallest absolute Gasteiger partial charge is 0.0542 e.